The molecule has 1 atom stereocenters. The van der Waals surface area contributed by atoms with Crippen molar-refractivity contribution in [2.75, 3.05) is 12.4 Å². The van der Waals surface area contributed by atoms with Crippen LogP contribution in [0.4, 0.5) is 5.69 Å². The normalized spacial score (nSPS) is 11.6. The number of ether oxygens (including phenoxy) is 2. The second-order valence-corrected chi connectivity index (χ2v) is 6.57. The van der Waals surface area contributed by atoms with E-state index in [9.17, 15) is 9.59 Å². The second kappa shape index (κ2) is 8.53. The zero-order valence-electron chi connectivity index (χ0n) is 16.2. The van der Waals surface area contributed by atoms with Crippen molar-refractivity contribution < 1.29 is 23.5 Å². The van der Waals surface area contributed by atoms with Crippen molar-refractivity contribution in [1.29, 1.82) is 0 Å². The van der Waals surface area contributed by atoms with Gasteiger partial charge in [-0.25, -0.2) is 4.79 Å². The predicted octanol–water partition coefficient (Wildman–Crippen LogP) is 4.98. The Morgan fingerprint density at radius 3 is 2.43 bits per heavy atom. The largest absolute Gasteiger partial charge is 0.497 e. The van der Waals surface area contributed by atoms with Crippen molar-refractivity contribution in [2.45, 2.75) is 6.10 Å². The highest BCUT2D eigenvalue weighted by molar-refractivity contribution is 5.98. The zero-order valence-corrected chi connectivity index (χ0v) is 16.2. The van der Waals surface area contributed by atoms with E-state index in [1.165, 1.54) is 0 Å². The monoisotopic (exact) mass is 401 g/mol. The summed E-state index contributed by atoms with van der Waals surface area (Å²) in [6.45, 7) is 0. The first kappa shape index (κ1) is 19.3. The number of esters is 1. The van der Waals surface area contributed by atoms with Crippen LogP contribution in [0.2, 0.25) is 0 Å². The highest BCUT2D eigenvalue weighted by atomic mass is 16.6. The van der Waals surface area contributed by atoms with Gasteiger partial charge in [0.25, 0.3) is 5.91 Å². The van der Waals surface area contributed by atoms with Gasteiger partial charge >= 0.3 is 5.97 Å². The molecule has 0 bridgehead atoms. The molecule has 1 amide bonds. The van der Waals surface area contributed by atoms with E-state index in [0.717, 1.165) is 5.39 Å². The van der Waals surface area contributed by atoms with Crippen LogP contribution in [0.15, 0.2) is 89.3 Å². The Labute approximate surface area is 173 Å². The molecule has 6 nitrogen and oxygen atoms in total. The fraction of sp³-hybridized carbons (Fsp3) is 0.0833. The molecule has 150 valence electrons. The summed E-state index contributed by atoms with van der Waals surface area (Å²) in [5, 5.41) is 3.55. The third kappa shape index (κ3) is 4.17. The lowest BCUT2D eigenvalue weighted by molar-refractivity contribution is -0.125. The van der Waals surface area contributed by atoms with E-state index in [0.29, 0.717) is 22.6 Å². The lowest BCUT2D eigenvalue weighted by Crippen LogP contribution is -2.25. The van der Waals surface area contributed by atoms with E-state index in [1.54, 1.807) is 67.8 Å². The standard InChI is InChI=1S/C24H19NO5/c1-28-19-12-7-11-18(15-19)25-23(26)22(16-8-3-2-4-9-16)30-24(27)21-14-17-10-5-6-13-20(17)29-21/h2-15,22H,1H3,(H,25,26)/t22-/m0/s1. The molecule has 30 heavy (non-hydrogen) atoms. The number of hydrogen-bond donors (Lipinski definition) is 1. The second-order valence-electron chi connectivity index (χ2n) is 6.57. The first-order valence-electron chi connectivity index (χ1n) is 9.33. The van der Waals surface area contributed by atoms with Crippen LogP contribution in [0.1, 0.15) is 22.2 Å². The molecule has 1 aromatic heterocycles. The van der Waals surface area contributed by atoms with E-state index < -0.39 is 18.0 Å². The number of carbonyl (C=O) groups excluding carboxylic acids is 2. The van der Waals surface area contributed by atoms with E-state index in [1.807, 2.05) is 24.3 Å². The number of carbonyl (C=O) groups is 2. The quantitative estimate of drug-likeness (QED) is 0.461. The van der Waals surface area contributed by atoms with Gasteiger partial charge in [0.2, 0.25) is 11.9 Å². The van der Waals surface area contributed by atoms with Crippen LogP contribution < -0.4 is 10.1 Å². The van der Waals surface area contributed by atoms with Gasteiger partial charge in [-0.1, -0.05) is 54.6 Å². The van der Waals surface area contributed by atoms with Gasteiger partial charge in [-0.05, 0) is 24.3 Å². The van der Waals surface area contributed by atoms with Crippen LogP contribution in [0.3, 0.4) is 0 Å². The summed E-state index contributed by atoms with van der Waals surface area (Å²) < 4.78 is 16.3. The summed E-state index contributed by atoms with van der Waals surface area (Å²) in [5.74, 6) is -0.575. The fourth-order valence-corrected chi connectivity index (χ4v) is 3.06. The van der Waals surface area contributed by atoms with Crippen molar-refractivity contribution in [3.63, 3.8) is 0 Å². The Balaban J connectivity index is 1.59. The van der Waals surface area contributed by atoms with Gasteiger partial charge in [-0.2, -0.15) is 0 Å². The minimum Gasteiger partial charge on any atom is -0.497 e. The highest BCUT2D eigenvalue weighted by Crippen LogP contribution is 2.25. The highest BCUT2D eigenvalue weighted by Gasteiger charge is 2.27. The Hall–Kier alpha value is -4.06. The van der Waals surface area contributed by atoms with Gasteiger partial charge < -0.3 is 19.2 Å². The summed E-state index contributed by atoms with van der Waals surface area (Å²) in [4.78, 5) is 25.7. The molecular formula is C24H19NO5. The number of rotatable bonds is 6. The molecule has 0 radical (unpaired) electrons. The molecule has 0 aliphatic carbocycles. The van der Waals surface area contributed by atoms with E-state index >= 15 is 0 Å². The summed E-state index contributed by atoms with van der Waals surface area (Å²) in [7, 11) is 1.54. The molecular weight excluding hydrogens is 382 g/mol. The molecule has 3 aromatic carbocycles. The lowest BCUT2D eigenvalue weighted by Gasteiger charge is -2.17. The van der Waals surface area contributed by atoms with Gasteiger partial charge in [0.1, 0.15) is 11.3 Å². The number of hydrogen-bond acceptors (Lipinski definition) is 5. The molecule has 6 heteroatoms. The van der Waals surface area contributed by atoms with Crippen LogP contribution >= 0.6 is 0 Å². The number of anilines is 1. The first-order chi connectivity index (χ1) is 14.6. The average molecular weight is 401 g/mol. The Morgan fingerprint density at radius 1 is 0.900 bits per heavy atom. The van der Waals surface area contributed by atoms with E-state index in [2.05, 4.69) is 5.32 Å². The SMILES string of the molecule is COc1cccc(NC(=O)[C@@H](OC(=O)c2cc3ccccc3o2)c2ccccc2)c1. The van der Waals surface area contributed by atoms with Crippen LogP contribution in [-0.4, -0.2) is 19.0 Å². The van der Waals surface area contributed by atoms with Gasteiger partial charge in [0.15, 0.2) is 0 Å². The van der Waals surface area contributed by atoms with E-state index in [-0.39, 0.29) is 5.76 Å². The summed E-state index contributed by atoms with van der Waals surface area (Å²) in [6.07, 6.45) is -1.15. The van der Waals surface area contributed by atoms with E-state index in [4.69, 9.17) is 13.9 Å². The molecule has 0 saturated heterocycles. The van der Waals surface area contributed by atoms with Gasteiger partial charge in [0, 0.05) is 22.7 Å². The molecule has 4 aromatic rings. The van der Waals surface area contributed by atoms with Crippen LogP contribution in [0.5, 0.6) is 5.75 Å². The fourth-order valence-electron chi connectivity index (χ4n) is 3.06. The van der Waals surface area contributed by atoms with Gasteiger partial charge in [-0.3, -0.25) is 4.79 Å². The van der Waals surface area contributed by atoms with Crippen LogP contribution in [-0.2, 0) is 9.53 Å². The first-order valence-corrected chi connectivity index (χ1v) is 9.33. The number of para-hydroxylation sites is 1. The van der Waals surface area contributed by atoms with Gasteiger partial charge in [0.05, 0.1) is 7.11 Å². The van der Waals surface area contributed by atoms with Crippen molar-refractivity contribution in [3.05, 3.63) is 96.3 Å². The summed E-state index contributed by atoms with van der Waals surface area (Å²) in [6, 6.07) is 24.6. The number of amides is 1. The Kier molecular flexibility index (Phi) is 5.48. The van der Waals surface area contributed by atoms with Crippen molar-refractivity contribution >= 4 is 28.5 Å². The van der Waals surface area contributed by atoms with Gasteiger partial charge in [-0.15, -0.1) is 0 Å². The molecule has 4 rings (SSSR count). The Bertz CT molecular complexity index is 1150. The third-order valence-corrected chi connectivity index (χ3v) is 4.53. The topological polar surface area (TPSA) is 77.8 Å². The maximum Gasteiger partial charge on any atom is 0.375 e. The molecule has 0 saturated carbocycles. The molecule has 1 heterocycles. The molecule has 0 fully saturated rings. The molecule has 1 N–H and O–H groups in total. The van der Waals surface area contributed by atoms with Crippen molar-refractivity contribution in [2.24, 2.45) is 0 Å². The number of methoxy groups -OCH3 is 1. The average Bonchev–Trinajstić information content (AvgIpc) is 3.22. The molecule has 0 aliphatic rings. The smallest absolute Gasteiger partial charge is 0.375 e. The lowest BCUT2D eigenvalue weighted by atomic mass is 10.1. The molecule has 0 spiro atoms. The molecule has 0 unspecified atom stereocenters. The maximum atomic E-state index is 13.0. The third-order valence-electron chi connectivity index (χ3n) is 4.53. The van der Waals surface area contributed by atoms with Crippen LogP contribution in [0, 0.1) is 0 Å². The summed E-state index contributed by atoms with van der Waals surface area (Å²) >= 11 is 0. The number of benzene rings is 3. The number of nitrogens with one attached hydrogen (secondary N) is 1. The summed E-state index contributed by atoms with van der Waals surface area (Å²) in [5.41, 5.74) is 1.64. The minimum atomic E-state index is -1.15. The number of fused-ring (bicyclic) bond motifs is 1. The maximum absolute atomic E-state index is 13.0. The number of furan rings is 1. The molecule has 0 aliphatic heterocycles. The van der Waals surface area contributed by atoms with Crippen LogP contribution in [0.25, 0.3) is 11.0 Å². The van der Waals surface area contributed by atoms with Crippen molar-refractivity contribution in [3.8, 4) is 5.75 Å². The van der Waals surface area contributed by atoms with Crippen molar-refractivity contribution in [1.82, 2.24) is 0 Å². The minimum absolute atomic E-state index is 0.0336. The Morgan fingerprint density at radius 2 is 1.67 bits per heavy atom. The zero-order chi connectivity index (χ0) is 20.9. The predicted molar refractivity (Wildman–Crippen MR) is 112 cm³/mol.